The zero-order chi connectivity index (χ0) is 9.26. The minimum Gasteiger partial charge on any atom is -0.504 e. The molecule has 1 aromatic carbocycles. The Kier molecular flexibility index (Phi) is 1.93. The van der Waals surface area contributed by atoms with Crippen LogP contribution < -0.4 is 0 Å². The third-order valence-corrected chi connectivity index (χ3v) is 2.18. The van der Waals surface area contributed by atoms with E-state index in [1.54, 1.807) is 12.1 Å². The fraction of sp³-hybridized carbons (Fsp3) is 0.300. The van der Waals surface area contributed by atoms with Crippen molar-refractivity contribution < 1.29 is 10.2 Å². The largest absolute Gasteiger partial charge is 0.504 e. The Bertz CT molecular complexity index is 358. The second-order valence-corrected chi connectivity index (χ2v) is 3.14. The quantitative estimate of drug-likeness (QED) is 0.641. The molecule has 3 nitrogen and oxygen atoms in total. The Morgan fingerprint density at radius 2 is 2.00 bits per heavy atom. The topological polar surface area (TPSA) is 52.8 Å². The summed E-state index contributed by atoms with van der Waals surface area (Å²) in [5.74, 6) is -0.158. The predicted octanol–water partition coefficient (Wildman–Crippen LogP) is 1.68. The van der Waals surface area contributed by atoms with Gasteiger partial charge in [-0.25, -0.2) is 0 Å². The van der Waals surface area contributed by atoms with Gasteiger partial charge in [0.15, 0.2) is 11.5 Å². The lowest BCUT2D eigenvalue weighted by Gasteiger charge is -2.02. The first-order valence-electron chi connectivity index (χ1n) is 4.33. The molecule has 1 aliphatic heterocycles. The molecule has 13 heavy (non-hydrogen) atoms. The van der Waals surface area contributed by atoms with Crippen LogP contribution in [-0.2, 0) is 0 Å². The van der Waals surface area contributed by atoms with E-state index in [0.29, 0.717) is 0 Å². The molecule has 0 unspecified atom stereocenters. The maximum atomic E-state index is 9.26. The van der Waals surface area contributed by atoms with Gasteiger partial charge in [0.25, 0.3) is 0 Å². The Hall–Kier alpha value is -1.51. The summed E-state index contributed by atoms with van der Waals surface area (Å²) in [5, 5.41) is 18.4. The summed E-state index contributed by atoms with van der Waals surface area (Å²) in [7, 11) is 0. The zero-order valence-electron chi connectivity index (χ0n) is 7.20. The highest BCUT2D eigenvalue weighted by Gasteiger charge is 2.10. The molecule has 0 aliphatic carbocycles. The smallest absolute Gasteiger partial charge is 0.158 e. The van der Waals surface area contributed by atoms with E-state index < -0.39 is 0 Å². The molecule has 0 fully saturated rings. The SMILES string of the molecule is Oc1ccc(C2=NCCC2)cc1O. The summed E-state index contributed by atoms with van der Waals surface area (Å²) >= 11 is 0. The Morgan fingerprint density at radius 3 is 2.62 bits per heavy atom. The molecule has 1 aliphatic rings. The van der Waals surface area contributed by atoms with Crippen molar-refractivity contribution in [2.45, 2.75) is 12.8 Å². The molecule has 1 aromatic rings. The van der Waals surface area contributed by atoms with Gasteiger partial charge in [0.1, 0.15) is 0 Å². The second-order valence-electron chi connectivity index (χ2n) is 3.14. The summed E-state index contributed by atoms with van der Waals surface area (Å²) in [5.41, 5.74) is 1.93. The van der Waals surface area contributed by atoms with E-state index in [-0.39, 0.29) is 11.5 Å². The lowest BCUT2D eigenvalue weighted by atomic mass is 10.1. The van der Waals surface area contributed by atoms with E-state index in [1.807, 2.05) is 0 Å². The lowest BCUT2D eigenvalue weighted by molar-refractivity contribution is 0.403. The minimum absolute atomic E-state index is 0.0768. The molecule has 0 radical (unpaired) electrons. The van der Waals surface area contributed by atoms with Crippen LogP contribution in [-0.4, -0.2) is 22.5 Å². The van der Waals surface area contributed by atoms with E-state index in [9.17, 15) is 5.11 Å². The van der Waals surface area contributed by atoms with Gasteiger partial charge in [0.2, 0.25) is 0 Å². The molecule has 1 heterocycles. The van der Waals surface area contributed by atoms with Crippen LogP contribution in [0.25, 0.3) is 0 Å². The highest BCUT2D eigenvalue weighted by atomic mass is 16.3. The molecule has 0 spiro atoms. The van der Waals surface area contributed by atoms with Crippen molar-refractivity contribution in [3.8, 4) is 11.5 Å². The predicted molar refractivity (Wildman–Crippen MR) is 50.4 cm³/mol. The fourth-order valence-electron chi connectivity index (χ4n) is 1.48. The molecule has 0 amide bonds. The van der Waals surface area contributed by atoms with Crippen LogP contribution in [0.2, 0.25) is 0 Å². The Labute approximate surface area is 76.4 Å². The van der Waals surface area contributed by atoms with Gasteiger partial charge in [-0.15, -0.1) is 0 Å². The number of hydrogen-bond donors (Lipinski definition) is 2. The summed E-state index contributed by atoms with van der Waals surface area (Å²) in [6, 6.07) is 4.82. The molecular formula is C10H11NO2. The normalized spacial score (nSPS) is 15.8. The molecule has 3 heteroatoms. The highest BCUT2D eigenvalue weighted by molar-refractivity contribution is 6.01. The second kappa shape index (κ2) is 3.09. The van der Waals surface area contributed by atoms with E-state index >= 15 is 0 Å². The minimum atomic E-state index is -0.0812. The van der Waals surface area contributed by atoms with Crippen molar-refractivity contribution >= 4 is 5.71 Å². The van der Waals surface area contributed by atoms with Crippen LogP contribution in [0, 0.1) is 0 Å². The number of benzene rings is 1. The maximum Gasteiger partial charge on any atom is 0.158 e. The van der Waals surface area contributed by atoms with Gasteiger partial charge in [-0.2, -0.15) is 0 Å². The van der Waals surface area contributed by atoms with Gasteiger partial charge < -0.3 is 10.2 Å². The van der Waals surface area contributed by atoms with Crippen LogP contribution in [0.15, 0.2) is 23.2 Å². The van der Waals surface area contributed by atoms with Crippen LogP contribution in [0.5, 0.6) is 11.5 Å². The first-order valence-corrected chi connectivity index (χ1v) is 4.33. The molecule has 0 aromatic heterocycles. The van der Waals surface area contributed by atoms with Crippen molar-refractivity contribution in [3.63, 3.8) is 0 Å². The maximum absolute atomic E-state index is 9.26. The molecule has 68 valence electrons. The number of rotatable bonds is 1. The summed E-state index contributed by atoms with van der Waals surface area (Å²) < 4.78 is 0. The van der Waals surface area contributed by atoms with Gasteiger partial charge in [-0.05, 0) is 36.6 Å². The van der Waals surface area contributed by atoms with Crippen molar-refractivity contribution in [2.75, 3.05) is 6.54 Å². The summed E-state index contributed by atoms with van der Waals surface area (Å²) in [4.78, 5) is 4.30. The summed E-state index contributed by atoms with van der Waals surface area (Å²) in [6.45, 7) is 0.872. The van der Waals surface area contributed by atoms with Crippen LogP contribution in [0.3, 0.4) is 0 Å². The number of phenolic OH excluding ortho intramolecular Hbond substituents is 2. The monoisotopic (exact) mass is 177 g/mol. The Balaban J connectivity index is 2.36. The third-order valence-electron chi connectivity index (χ3n) is 2.18. The molecule has 0 bridgehead atoms. The molecule has 0 saturated heterocycles. The van der Waals surface area contributed by atoms with Crippen LogP contribution >= 0.6 is 0 Å². The number of aromatic hydroxyl groups is 2. The van der Waals surface area contributed by atoms with E-state index in [0.717, 1.165) is 30.7 Å². The summed E-state index contributed by atoms with van der Waals surface area (Å²) in [6.07, 6.45) is 2.04. The Morgan fingerprint density at radius 1 is 1.15 bits per heavy atom. The molecule has 2 rings (SSSR count). The van der Waals surface area contributed by atoms with E-state index in [1.165, 1.54) is 6.07 Å². The van der Waals surface area contributed by atoms with Crippen molar-refractivity contribution in [1.29, 1.82) is 0 Å². The molecule has 0 atom stereocenters. The fourth-order valence-corrected chi connectivity index (χ4v) is 1.48. The van der Waals surface area contributed by atoms with Gasteiger partial charge in [-0.1, -0.05) is 0 Å². The van der Waals surface area contributed by atoms with Crippen molar-refractivity contribution in [1.82, 2.24) is 0 Å². The van der Waals surface area contributed by atoms with Crippen LogP contribution in [0.1, 0.15) is 18.4 Å². The molecular weight excluding hydrogens is 166 g/mol. The van der Waals surface area contributed by atoms with Crippen molar-refractivity contribution in [3.05, 3.63) is 23.8 Å². The molecule has 0 saturated carbocycles. The number of hydrogen-bond acceptors (Lipinski definition) is 3. The number of aliphatic imine (C=N–C) groups is 1. The van der Waals surface area contributed by atoms with Crippen LogP contribution in [0.4, 0.5) is 0 Å². The first-order chi connectivity index (χ1) is 6.27. The van der Waals surface area contributed by atoms with Gasteiger partial charge >= 0.3 is 0 Å². The number of phenols is 2. The van der Waals surface area contributed by atoms with E-state index in [2.05, 4.69) is 4.99 Å². The van der Waals surface area contributed by atoms with Crippen molar-refractivity contribution in [2.24, 2.45) is 4.99 Å². The zero-order valence-corrected chi connectivity index (χ0v) is 7.20. The average Bonchev–Trinajstić information content (AvgIpc) is 2.62. The standard InChI is InChI=1S/C10H11NO2/c12-9-4-3-7(6-10(9)13)8-2-1-5-11-8/h3-4,6,12-13H,1-2,5H2. The van der Waals surface area contributed by atoms with E-state index in [4.69, 9.17) is 5.11 Å². The lowest BCUT2D eigenvalue weighted by Crippen LogP contribution is -1.94. The van der Waals surface area contributed by atoms with Gasteiger partial charge in [0, 0.05) is 12.3 Å². The number of nitrogens with zero attached hydrogens (tertiary/aromatic N) is 1. The third kappa shape index (κ3) is 1.49. The van der Waals surface area contributed by atoms with Gasteiger partial charge in [0.05, 0.1) is 0 Å². The highest BCUT2D eigenvalue weighted by Crippen LogP contribution is 2.26. The molecule has 2 N–H and O–H groups in total. The van der Waals surface area contributed by atoms with Gasteiger partial charge in [-0.3, -0.25) is 4.99 Å². The average molecular weight is 177 g/mol. The first kappa shape index (κ1) is 8.10.